The number of carbonyl (C=O) groups excluding carboxylic acids is 1. The molecule has 1 amide bonds. The summed E-state index contributed by atoms with van der Waals surface area (Å²) in [4.78, 5) is 20.7. The van der Waals surface area contributed by atoms with Gasteiger partial charge in [-0.1, -0.05) is 12.8 Å². The van der Waals surface area contributed by atoms with E-state index in [1.807, 2.05) is 0 Å². The molecule has 1 rings (SSSR count). The van der Waals surface area contributed by atoms with Crippen molar-refractivity contribution in [2.24, 2.45) is 5.92 Å². The van der Waals surface area contributed by atoms with Crippen LogP contribution in [0, 0.1) is 5.92 Å². The fourth-order valence-corrected chi connectivity index (χ4v) is 1.98. The molecule has 0 bridgehead atoms. The van der Waals surface area contributed by atoms with Crippen molar-refractivity contribution >= 4 is 12.4 Å². The van der Waals surface area contributed by atoms with Crippen molar-refractivity contribution in [3.8, 4) is 0 Å². The van der Waals surface area contributed by atoms with Crippen molar-refractivity contribution in [3.05, 3.63) is 0 Å². The maximum Gasteiger partial charge on any atom is 0.303 e. The van der Waals surface area contributed by atoms with Crippen LogP contribution in [0.25, 0.3) is 0 Å². The van der Waals surface area contributed by atoms with Crippen LogP contribution in [0.15, 0.2) is 0 Å². The highest BCUT2D eigenvalue weighted by molar-refractivity contribution is 5.67. The lowest BCUT2D eigenvalue weighted by Crippen LogP contribution is -2.38. The molecule has 13 heavy (non-hydrogen) atoms. The van der Waals surface area contributed by atoms with Crippen LogP contribution in [-0.4, -0.2) is 23.5 Å². The van der Waals surface area contributed by atoms with Gasteiger partial charge >= 0.3 is 5.97 Å². The molecule has 0 saturated heterocycles. The predicted octanol–water partition coefficient (Wildman–Crippen LogP) is 0.766. The smallest absolute Gasteiger partial charge is 0.303 e. The summed E-state index contributed by atoms with van der Waals surface area (Å²) in [6.07, 6.45) is 4.83. The first-order valence-electron chi connectivity index (χ1n) is 4.65. The fourth-order valence-electron chi connectivity index (χ4n) is 1.98. The second-order valence-corrected chi connectivity index (χ2v) is 3.53. The van der Waals surface area contributed by atoms with E-state index in [0.717, 1.165) is 25.7 Å². The van der Waals surface area contributed by atoms with Crippen molar-refractivity contribution in [1.29, 1.82) is 0 Å². The van der Waals surface area contributed by atoms with E-state index in [4.69, 9.17) is 5.11 Å². The minimum absolute atomic E-state index is 0.0716. The van der Waals surface area contributed by atoms with Gasteiger partial charge in [0.1, 0.15) is 0 Å². The first-order chi connectivity index (χ1) is 6.24. The first-order valence-corrected chi connectivity index (χ1v) is 4.65. The molecular weight excluding hydrogens is 170 g/mol. The largest absolute Gasteiger partial charge is 0.481 e. The average molecular weight is 185 g/mol. The van der Waals surface area contributed by atoms with Gasteiger partial charge in [-0.2, -0.15) is 0 Å². The van der Waals surface area contributed by atoms with Crippen molar-refractivity contribution < 1.29 is 14.7 Å². The quantitative estimate of drug-likeness (QED) is 0.635. The zero-order valence-electron chi connectivity index (χ0n) is 7.53. The van der Waals surface area contributed by atoms with Crippen LogP contribution >= 0.6 is 0 Å². The molecule has 4 heteroatoms. The number of hydrogen-bond acceptors (Lipinski definition) is 2. The lowest BCUT2D eigenvalue weighted by Gasteiger charge is -2.29. The molecule has 0 aromatic carbocycles. The van der Waals surface area contributed by atoms with E-state index in [2.05, 4.69) is 5.32 Å². The summed E-state index contributed by atoms with van der Waals surface area (Å²) in [5, 5.41) is 11.3. The normalized spacial score (nSPS) is 28.0. The molecule has 0 spiro atoms. The lowest BCUT2D eigenvalue weighted by atomic mass is 9.82. The standard InChI is InChI=1S/C9H15NO3/c11-6-10-8-4-2-1-3-7(8)5-9(12)13/h6-8H,1-5H2,(H,10,11)(H,12,13). The minimum atomic E-state index is -0.774. The zero-order valence-corrected chi connectivity index (χ0v) is 7.53. The van der Waals surface area contributed by atoms with E-state index in [1.165, 1.54) is 0 Å². The molecule has 2 atom stereocenters. The highest BCUT2D eigenvalue weighted by atomic mass is 16.4. The highest BCUT2D eigenvalue weighted by Crippen LogP contribution is 2.26. The summed E-state index contributed by atoms with van der Waals surface area (Å²) >= 11 is 0. The molecule has 0 radical (unpaired) electrons. The summed E-state index contributed by atoms with van der Waals surface area (Å²) in [6, 6.07) is 0.0716. The number of carbonyl (C=O) groups is 2. The number of rotatable bonds is 4. The van der Waals surface area contributed by atoms with Crippen LogP contribution in [0.1, 0.15) is 32.1 Å². The van der Waals surface area contributed by atoms with Crippen LogP contribution in [0.3, 0.4) is 0 Å². The summed E-state index contributed by atoms with van der Waals surface area (Å²) in [5.74, 6) is -0.652. The van der Waals surface area contributed by atoms with Gasteiger partial charge in [-0.15, -0.1) is 0 Å². The van der Waals surface area contributed by atoms with Crippen LogP contribution in [0.5, 0.6) is 0 Å². The van der Waals surface area contributed by atoms with Gasteiger partial charge < -0.3 is 10.4 Å². The van der Waals surface area contributed by atoms with Gasteiger partial charge in [-0.3, -0.25) is 9.59 Å². The Morgan fingerprint density at radius 1 is 1.46 bits per heavy atom. The van der Waals surface area contributed by atoms with Crippen molar-refractivity contribution in [2.75, 3.05) is 0 Å². The maximum atomic E-state index is 10.5. The number of nitrogens with one attached hydrogen (secondary N) is 1. The molecule has 1 fully saturated rings. The fraction of sp³-hybridized carbons (Fsp3) is 0.778. The van der Waals surface area contributed by atoms with Crippen molar-refractivity contribution in [3.63, 3.8) is 0 Å². The summed E-state index contributed by atoms with van der Waals surface area (Å²) in [6.45, 7) is 0. The second-order valence-electron chi connectivity index (χ2n) is 3.53. The van der Waals surface area contributed by atoms with Crippen LogP contribution in [0.4, 0.5) is 0 Å². The Hall–Kier alpha value is -1.06. The molecular formula is C9H15NO3. The van der Waals surface area contributed by atoms with Gasteiger partial charge in [0.25, 0.3) is 0 Å². The van der Waals surface area contributed by atoms with Gasteiger partial charge in [-0.05, 0) is 18.8 Å². The van der Waals surface area contributed by atoms with Gasteiger partial charge in [0.15, 0.2) is 0 Å². The number of carboxylic acids is 1. The van der Waals surface area contributed by atoms with Crippen molar-refractivity contribution in [1.82, 2.24) is 5.32 Å². The molecule has 0 aliphatic heterocycles. The summed E-state index contributed by atoms with van der Waals surface area (Å²) in [5.41, 5.74) is 0. The third-order valence-corrected chi connectivity index (χ3v) is 2.63. The van der Waals surface area contributed by atoms with Crippen LogP contribution in [-0.2, 0) is 9.59 Å². The third-order valence-electron chi connectivity index (χ3n) is 2.63. The topological polar surface area (TPSA) is 66.4 Å². The molecule has 74 valence electrons. The van der Waals surface area contributed by atoms with E-state index in [1.54, 1.807) is 0 Å². The van der Waals surface area contributed by atoms with Crippen molar-refractivity contribution in [2.45, 2.75) is 38.1 Å². The minimum Gasteiger partial charge on any atom is -0.481 e. The van der Waals surface area contributed by atoms with E-state index in [0.29, 0.717) is 6.41 Å². The van der Waals surface area contributed by atoms with E-state index < -0.39 is 5.97 Å². The number of aliphatic carboxylic acids is 1. The molecule has 4 nitrogen and oxygen atoms in total. The molecule has 1 aliphatic carbocycles. The van der Waals surface area contributed by atoms with Crippen LogP contribution in [0.2, 0.25) is 0 Å². The first kappa shape index (κ1) is 10.0. The molecule has 0 aromatic rings. The molecule has 2 N–H and O–H groups in total. The Labute approximate surface area is 77.3 Å². The number of hydrogen-bond donors (Lipinski definition) is 2. The zero-order chi connectivity index (χ0) is 9.68. The molecule has 1 aliphatic rings. The number of amides is 1. The van der Waals surface area contributed by atoms with Gasteiger partial charge in [0, 0.05) is 6.04 Å². The Bertz CT molecular complexity index is 193. The molecule has 1 saturated carbocycles. The van der Waals surface area contributed by atoms with Gasteiger partial charge in [0.2, 0.25) is 6.41 Å². The summed E-state index contributed by atoms with van der Waals surface area (Å²) in [7, 11) is 0. The SMILES string of the molecule is O=CNC1CCCCC1CC(=O)O. The Balaban J connectivity index is 2.45. The second kappa shape index (κ2) is 4.84. The highest BCUT2D eigenvalue weighted by Gasteiger charge is 2.26. The van der Waals surface area contributed by atoms with E-state index in [9.17, 15) is 9.59 Å². The van der Waals surface area contributed by atoms with E-state index in [-0.39, 0.29) is 18.4 Å². The molecule has 2 unspecified atom stereocenters. The van der Waals surface area contributed by atoms with Crippen LogP contribution < -0.4 is 5.32 Å². The van der Waals surface area contributed by atoms with E-state index >= 15 is 0 Å². The van der Waals surface area contributed by atoms with Gasteiger partial charge in [0.05, 0.1) is 6.42 Å². The Morgan fingerprint density at radius 3 is 2.77 bits per heavy atom. The average Bonchev–Trinajstić information content (AvgIpc) is 2.08. The monoisotopic (exact) mass is 185 g/mol. The maximum absolute atomic E-state index is 10.5. The predicted molar refractivity (Wildman–Crippen MR) is 47.2 cm³/mol. The summed E-state index contributed by atoms with van der Waals surface area (Å²) < 4.78 is 0. The molecule has 0 aromatic heterocycles. The Kier molecular flexibility index (Phi) is 3.73. The van der Waals surface area contributed by atoms with Gasteiger partial charge in [-0.25, -0.2) is 0 Å². The Morgan fingerprint density at radius 2 is 2.15 bits per heavy atom. The number of carboxylic acid groups (broad SMARTS) is 1. The lowest BCUT2D eigenvalue weighted by molar-refractivity contribution is -0.138. The third kappa shape index (κ3) is 3.05. The molecule has 0 heterocycles.